The molecule has 0 atom stereocenters. The van der Waals surface area contributed by atoms with Gasteiger partial charge < -0.3 is 4.84 Å². The molecule has 0 unspecified atom stereocenters. The fraction of sp³-hybridized carbons (Fsp3) is 0.400. The van der Waals surface area contributed by atoms with Crippen molar-refractivity contribution in [3.8, 4) is 0 Å². The molecule has 0 aliphatic heterocycles. The second-order valence-electron chi connectivity index (χ2n) is 2.76. The first kappa shape index (κ1) is 9.71. The van der Waals surface area contributed by atoms with Gasteiger partial charge in [0.15, 0.2) is 0 Å². The van der Waals surface area contributed by atoms with Crippen molar-refractivity contribution in [2.45, 2.75) is 20.8 Å². The summed E-state index contributed by atoms with van der Waals surface area (Å²) in [5, 5.41) is 3.91. The minimum Gasteiger partial charge on any atom is -0.396 e. The van der Waals surface area contributed by atoms with Crippen molar-refractivity contribution in [3.05, 3.63) is 29.6 Å². The Kier molecular flexibility index (Phi) is 3.43. The molecule has 0 bridgehead atoms. The van der Waals surface area contributed by atoms with Gasteiger partial charge in [0.1, 0.15) is 12.3 Å². The average Bonchev–Trinajstić information content (AvgIpc) is 2.14. The third kappa shape index (κ3) is 2.86. The first-order valence-corrected chi connectivity index (χ1v) is 4.34. The number of rotatable bonds is 3. The van der Waals surface area contributed by atoms with Crippen LogP contribution in [-0.4, -0.2) is 17.3 Å². The lowest BCUT2D eigenvalue weighted by molar-refractivity contribution is 0.159. The van der Waals surface area contributed by atoms with E-state index in [1.165, 1.54) is 0 Å². The van der Waals surface area contributed by atoms with Gasteiger partial charge >= 0.3 is 0 Å². The molecule has 0 N–H and O–H groups in total. The molecule has 3 nitrogen and oxygen atoms in total. The van der Waals surface area contributed by atoms with E-state index < -0.39 is 0 Å². The van der Waals surface area contributed by atoms with Gasteiger partial charge in [0, 0.05) is 5.69 Å². The lowest BCUT2D eigenvalue weighted by Crippen LogP contribution is -2.00. The van der Waals surface area contributed by atoms with Crippen molar-refractivity contribution < 1.29 is 4.84 Å². The SMILES string of the molecule is CCO/N=C(\C)c1cccc(C)n1. The number of pyridine rings is 1. The summed E-state index contributed by atoms with van der Waals surface area (Å²) in [6.07, 6.45) is 0. The maximum atomic E-state index is 4.94. The summed E-state index contributed by atoms with van der Waals surface area (Å²) >= 11 is 0. The average molecular weight is 178 g/mol. The van der Waals surface area contributed by atoms with Crippen LogP contribution in [0.15, 0.2) is 23.4 Å². The van der Waals surface area contributed by atoms with Crippen LogP contribution in [0.3, 0.4) is 0 Å². The zero-order valence-corrected chi connectivity index (χ0v) is 8.24. The van der Waals surface area contributed by atoms with Crippen LogP contribution in [-0.2, 0) is 4.84 Å². The zero-order valence-electron chi connectivity index (χ0n) is 8.24. The Morgan fingerprint density at radius 2 is 2.31 bits per heavy atom. The van der Waals surface area contributed by atoms with E-state index in [9.17, 15) is 0 Å². The monoisotopic (exact) mass is 178 g/mol. The molecular formula is C10H14N2O. The summed E-state index contributed by atoms with van der Waals surface area (Å²) in [6, 6.07) is 5.84. The van der Waals surface area contributed by atoms with Gasteiger partial charge in [-0.15, -0.1) is 0 Å². The Balaban J connectivity index is 2.82. The molecule has 0 spiro atoms. The van der Waals surface area contributed by atoms with E-state index in [2.05, 4.69) is 10.1 Å². The molecular weight excluding hydrogens is 164 g/mol. The lowest BCUT2D eigenvalue weighted by Gasteiger charge is -2.00. The van der Waals surface area contributed by atoms with Gasteiger partial charge in [-0.3, -0.25) is 4.98 Å². The quantitative estimate of drug-likeness (QED) is 0.525. The predicted octanol–water partition coefficient (Wildman–Crippen LogP) is 2.15. The number of hydrogen-bond donors (Lipinski definition) is 0. The molecule has 0 aliphatic rings. The lowest BCUT2D eigenvalue weighted by atomic mass is 10.2. The molecule has 0 saturated heterocycles. The van der Waals surface area contributed by atoms with Crippen molar-refractivity contribution in [1.82, 2.24) is 4.98 Å². The summed E-state index contributed by atoms with van der Waals surface area (Å²) in [6.45, 7) is 6.33. The Morgan fingerprint density at radius 3 is 2.92 bits per heavy atom. The topological polar surface area (TPSA) is 34.5 Å². The van der Waals surface area contributed by atoms with Gasteiger partial charge in [-0.05, 0) is 32.9 Å². The molecule has 1 rings (SSSR count). The van der Waals surface area contributed by atoms with Gasteiger partial charge in [-0.25, -0.2) is 0 Å². The number of nitrogens with zero attached hydrogens (tertiary/aromatic N) is 2. The summed E-state index contributed by atoms with van der Waals surface area (Å²) < 4.78 is 0. The molecule has 0 aromatic carbocycles. The summed E-state index contributed by atoms with van der Waals surface area (Å²) in [4.78, 5) is 9.25. The fourth-order valence-corrected chi connectivity index (χ4v) is 0.953. The minimum atomic E-state index is 0.586. The van der Waals surface area contributed by atoms with E-state index in [0.29, 0.717) is 6.61 Å². The largest absolute Gasteiger partial charge is 0.396 e. The third-order valence-corrected chi connectivity index (χ3v) is 1.59. The number of aromatic nitrogens is 1. The number of hydrogen-bond acceptors (Lipinski definition) is 3. The van der Waals surface area contributed by atoms with Crippen LogP contribution >= 0.6 is 0 Å². The molecule has 1 aromatic rings. The van der Waals surface area contributed by atoms with E-state index in [-0.39, 0.29) is 0 Å². The number of oxime groups is 1. The van der Waals surface area contributed by atoms with Crippen LogP contribution in [0.5, 0.6) is 0 Å². The highest BCUT2D eigenvalue weighted by Crippen LogP contribution is 2.00. The Labute approximate surface area is 78.4 Å². The molecule has 70 valence electrons. The highest BCUT2D eigenvalue weighted by molar-refractivity contribution is 5.96. The van der Waals surface area contributed by atoms with Crippen LogP contribution < -0.4 is 0 Å². The maximum absolute atomic E-state index is 4.94. The van der Waals surface area contributed by atoms with Gasteiger partial charge in [-0.1, -0.05) is 11.2 Å². The van der Waals surface area contributed by atoms with Crippen molar-refractivity contribution >= 4 is 5.71 Å². The Bertz CT molecular complexity index is 308. The van der Waals surface area contributed by atoms with Crippen LogP contribution in [0.2, 0.25) is 0 Å². The molecule has 0 amide bonds. The second kappa shape index (κ2) is 4.60. The highest BCUT2D eigenvalue weighted by Gasteiger charge is 1.98. The first-order chi connectivity index (χ1) is 6.24. The van der Waals surface area contributed by atoms with E-state index in [4.69, 9.17) is 4.84 Å². The van der Waals surface area contributed by atoms with Crippen molar-refractivity contribution in [3.63, 3.8) is 0 Å². The molecule has 0 aliphatic carbocycles. The first-order valence-electron chi connectivity index (χ1n) is 4.34. The molecule has 3 heteroatoms. The van der Waals surface area contributed by atoms with Gasteiger partial charge in [0.05, 0.1) is 5.69 Å². The minimum absolute atomic E-state index is 0.586. The second-order valence-corrected chi connectivity index (χ2v) is 2.76. The Morgan fingerprint density at radius 1 is 1.54 bits per heavy atom. The van der Waals surface area contributed by atoms with Crippen molar-refractivity contribution in [1.29, 1.82) is 0 Å². The number of aryl methyl sites for hydroxylation is 1. The van der Waals surface area contributed by atoms with E-state index >= 15 is 0 Å². The van der Waals surface area contributed by atoms with Crippen LogP contribution in [0.1, 0.15) is 25.2 Å². The summed E-state index contributed by atoms with van der Waals surface area (Å²) in [7, 11) is 0. The molecule has 0 saturated carbocycles. The summed E-state index contributed by atoms with van der Waals surface area (Å²) in [5.74, 6) is 0. The van der Waals surface area contributed by atoms with Gasteiger partial charge in [0.2, 0.25) is 0 Å². The van der Waals surface area contributed by atoms with E-state index in [0.717, 1.165) is 17.1 Å². The van der Waals surface area contributed by atoms with Gasteiger partial charge in [0.25, 0.3) is 0 Å². The zero-order chi connectivity index (χ0) is 9.68. The van der Waals surface area contributed by atoms with Gasteiger partial charge in [-0.2, -0.15) is 0 Å². The van der Waals surface area contributed by atoms with Crippen LogP contribution in [0.4, 0.5) is 0 Å². The summed E-state index contributed by atoms with van der Waals surface area (Å²) in [5.41, 5.74) is 2.67. The molecule has 1 aromatic heterocycles. The third-order valence-electron chi connectivity index (χ3n) is 1.59. The maximum Gasteiger partial charge on any atom is 0.114 e. The smallest absolute Gasteiger partial charge is 0.114 e. The fourth-order valence-electron chi connectivity index (χ4n) is 0.953. The molecule has 13 heavy (non-hydrogen) atoms. The molecule has 0 fully saturated rings. The standard InChI is InChI=1S/C10H14N2O/c1-4-13-12-9(3)10-7-5-6-8(2)11-10/h5-7H,4H2,1-3H3/b12-9+. The van der Waals surface area contributed by atoms with Crippen LogP contribution in [0, 0.1) is 6.92 Å². The highest BCUT2D eigenvalue weighted by atomic mass is 16.6. The Hall–Kier alpha value is -1.38. The van der Waals surface area contributed by atoms with E-state index in [1.807, 2.05) is 39.0 Å². The van der Waals surface area contributed by atoms with E-state index in [1.54, 1.807) is 0 Å². The van der Waals surface area contributed by atoms with Crippen LogP contribution in [0.25, 0.3) is 0 Å². The molecule has 1 heterocycles. The van der Waals surface area contributed by atoms with Crippen molar-refractivity contribution in [2.75, 3.05) is 6.61 Å². The normalized spacial score (nSPS) is 11.5. The van der Waals surface area contributed by atoms with Crippen molar-refractivity contribution in [2.24, 2.45) is 5.16 Å². The predicted molar refractivity (Wildman–Crippen MR) is 52.8 cm³/mol. The molecule has 0 radical (unpaired) electrons.